The Morgan fingerprint density at radius 2 is 1.54 bits per heavy atom. The van der Waals surface area contributed by atoms with Gasteiger partial charge in [-0.15, -0.1) is 0 Å². The fraction of sp³-hybridized carbons (Fsp3) is 0.913. The van der Waals surface area contributed by atoms with Crippen LogP contribution < -0.4 is 0 Å². The summed E-state index contributed by atoms with van der Waals surface area (Å²) in [6.45, 7) is 2.92. The van der Waals surface area contributed by atoms with E-state index in [0.717, 1.165) is 44.6 Å². The van der Waals surface area contributed by atoms with Gasteiger partial charge < -0.3 is 4.90 Å². The largest absolute Gasteiger partial charge is 0.346 e. The van der Waals surface area contributed by atoms with Gasteiger partial charge in [0.1, 0.15) is 5.78 Å². The Bertz CT molecular complexity index is 422. The molecule has 0 spiro atoms. The van der Waals surface area contributed by atoms with Crippen molar-refractivity contribution in [3.63, 3.8) is 0 Å². The molecule has 2 rings (SSSR count). The third-order valence-corrected chi connectivity index (χ3v) is 6.78. The van der Waals surface area contributed by atoms with Gasteiger partial charge in [-0.05, 0) is 44.4 Å². The molecule has 1 atom stereocenters. The highest BCUT2D eigenvalue weighted by Gasteiger charge is 2.24. The number of ketones is 1. The van der Waals surface area contributed by atoms with Gasteiger partial charge in [0.2, 0.25) is 5.91 Å². The highest BCUT2D eigenvalue weighted by molar-refractivity contribution is 5.80. The summed E-state index contributed by atoms with van der Waals surface area (Å²) >= 11 is 0. The highest BCUT2D eigenvalue weighted by atomic mass is 16.2. The molecule has 2 fully saturated rings. The van der Waals surface area contributed by atoms with E-state index in [1.165, 1.54) is 57.8 Å². The van der Waals surface area contributed by atoms with E-state index in [1.807, 2.05) is 11.9 Å². The summed E-state index contributed by atoms with van der Waals surface area (Å²) in [6, 6.07) is 0. The van der Waals surface area contributed by atoms with Gasteiger partial charge in [-0.1, -0.05) is 58.3 Å². The summed E-state index contributed by atoms with van der Waals surface area (Å²) in [5.74, 6) is 2.12. The zero-order valence-corrected chi connectivity index (χ0v) is 17.3. The summed E-state index contributed by atoms with van der Waals surface area (Å²) in [5.41, 5.74) is 0. The second-order valence-electron chi connectivity index (χ2n) is 9.00. The summed E-state index contributed by atoms with van der Waals surface area (Å²) in [4.78, 5) is 26.7. The molecule has 3 heteroatoms. The Balaban J connectivity index is 1.54. The van der Waals surface area contributed by atoms with Gasteiger partial charge in [0.25, 0.3) is 0 Å². The van der Waals surface area contributed by atoms with Crippen LogP contribution in [0, 0.1) is 17.8 Å². The topological polar surface area (TPSA) is 37.4 Å². The molecule has 3 nitrogen and oxygen atoms in total. The van der Waals surface area contributed by atoms with Gasteiger partial charge in [0.05, 0.1) is 0 Å². The Kier molecular flexibility index (Phi) is 9.71. The van der Waals surface area contributed by atoms with E-state index in [1.54, 1.807) is 0 Å². The Hall–Kier alpha value is -0.860. The molecule has 0 aromatic rings. The first kappa shape index (κ1) is 21.4. The van der Waals surface area contributed by atoms with Crippen molar-refractivity contribution >= 4 is 11.7 Å². The normalized spacial score (nSPS) is 20.7. The molecule has 2 saturated carbocycles. The zero-order valence-electron chi connectivity index (χ0n) is 17.3. The van der Waals surface area contributed by atoms with Gasteiger partial charge in [-0.3, -0.25) is 9.59 Å². The molecule has 1 unspecified atom stereocenters. The van der Waals surface area contributed by atoms with Gasteiger partial charge in [0, 0.05) is 31.8 Å². The summed E-state index contributed by atoms with van der Waals surface area (Å²) in [5, 5.41) is 0. The van der Waals surface area contributed by atoms with Crippen molar-refractivity contribution in [3.05, 3.63) is 0 Å². The molecule has 0 saturated heterocycles. The maximum atomic E-state index is 12.4. The quantitative estimate of drug-likeness (QED) is 0.463. The molecule has 0 aliphatic heterocycles. The van der Waals surface area contributed by atoms with Gasteiger partial charge >= 0.3 is 0 Å². The molecule has 150 valence electrons. The molecule has 2 aliphatic carbocycles. The standard InChI is InChI=1S/C23H41NO2/c1-19(16-17-20-11-5-3-6-12-20)22(25)15-9-10-18-24(2)23(26)21-13-7-4-8-14-21/h19-21H,3-18H2,1-2H3. The van der Waals surface area contributed by atoms with Crippen molar-refractivity contribution in [1.29, 1.82) is 0 Å². The van der Waals surface area contributed by atoms with Gasteiger partial charge in [0.15, 0.2) is 0 Å². The average molecular weight is 364 g/mol. The van der Waals surface area contributed by atoms with E-state index in [9.17, 15) is 9.59 Å². The van der Waals surface area contributed by atoms with E-state index in [0.29, 0.717) is 18.1 Å². The molecule has 1 amide bonds. The minimum atomic E-state index is 0.221. The first-order valence-electron chi connectivity index (χ1n) is 11.4. The number of hydrogen-bond acceptors (Lipinski definition) is 2. The van der Waals surface area contributed by atoms with Crippen LogP contribution >= 0.6 is 0 Å². The fourth-order valence-corrected chi connectivity index (χ4v) is 4.79. The Labute approximate surface area is 161 Å². The lowest BCUT2D eigenvalue weighted by molar-refractivity contribution is -0.135. The van der Waals surface area contributed by atoms with Crippen LogP contribution in [0.3, 0.4) is 0 Å². The summed E-state index contributed by atoms with van der Waals surface area (Å²) in [7, 11) is 1.94. The van der Waals surface area contributed by atoms with Crippen molar-refractivity contribution < 1.29 is 9.59 Å². The van der Waals surface area contributed by atoms with Crippen LogP contribution in [0.25, 0.3) is 0 Å². The Morgan fingerprint density at radius 1 is 0.923 bits per heavy atom. The molecule has 0 heterocycles. The molecule has 0 aromatic carbocycles. The lowest BCUT2D eigenvalue weighted by Crippen LogP contribution is -2.34. The van der Waals surface area contributed by atoms with Crippen molar-refractivity contribution in [2.75, 3.05) is 13.6 Å². The smallest absolute Gasteiger partial charge is 0.225 e. The van der Waals surface area contributed by atoms with Crippen molar-refractivity contribution in [2.45, 2.75) is 103 Å². The maximum Gasteiger partial charge on any atom is 0.225 e. The van der Waals surface area contributed by atoms with E-state index in [2.05, 4.69) is 6.92 Å². The van der Waals surface area contributed by atoms with Gasteiger partial charge in [-0.25, -0.2) is 0 Å². The second-order valence-corrected chi connectivity index (χ2v) is 9.00. The van der Waals surface area contributed by atoms with Crippen molar-refractivity contribution in [2.24, 2.45) is 17.8 Å². The predicted molar refractivity (Wildman–Crippen MR) is 108 cm³/mol. The number of carbonyl (C=O) groups excluding carboxylic acids is 2. The average Bonchev–Trinajstić information content (AvgIpc) is 2.69. The van der Waals surface area contributed by atoms with Crippen molar-refractivity contribution in [3.8, 4) is 0 Å². The van der Waals surface area contributed by atoms with Crippen LogP contribution in [0.4, 0.5) is 0 Å². The highest BCUT2D eigenvalue weighted by Crippen LogP contribution is 2.29. The molecular weight excluding hydrogens is 322 g/mol. The van der Waals surface area contributed by atoms with E-state index >= 15 is 0 Å². The SMILES string of the molecule is CC(CCC1CCCCC1)C(=O)CCCCN(C)C(=O)C1CCCCC1. The van der Waals surface area contributed by atoms with Crippen LogP contribution in [-0.4, -0.2) is 30.2 Å². The van der Waals surface area contributed by atoms with Crippen LogP contribution in [0.15, 0.2) is 0 Å². The van der Waals surface area contributed by atoms with E-state index < -0.39 is 0 Å². The van der Waals surface area contributed by atoms with Crippen LogP contribution in [0.5, 0.6) is 0 Å². The van der Waals surface area contributed by atoms with Crippen LogP contribution in [0.1, 0.15) is 103 Å². The number of amides is 1. The molecule has 0 bridgehead atoms. The number of unbranched alkanes of at least 4 members (excludes halogenated alkanes) is 1. The molecule has 2 aliphatic rings. The first-order chi connectivity index (χ1) is 12.6. The molecule has 0 N–H and O–H groups in total. The van der Waals surface area contributed by atoms with E-state index in [4.69, 9.17) is 0 Å². The van der Waals surface area contributed by atoms with Gasteiger partial charge in [-0.2, -0.15) is 0 Å². The number of hydrogen-bond donors (Lipinski definition) is 0. The zero-order chi connectivity index (χ0) is 18.8. The fourth-order valence-electron chi connectivity index (χ4n) is 4.79. The number of rotatable bonds is 10. The third-order valence-electron chi connectivity index (χ3n) is 6.78. The molecular formula is C23H41NO2. The lowest BCUT2D eigenvalue weighted by Gasteiger charge is -2.26. The summed E-state index contributed by atoms with van der Waals surface area (Å²) in [6.07, 6.45) is 17.7. The molecule has 0 radical (unpaired) electrons. The number of carbonyl (C=O) groups is 2. The predicted octanol–water partition coefficient (Wildman–Crippen LogP) is 5.76. The van der Waals surface area contributed by atoms with Crippen LogP contribution in [-0.2, 0) is 9.59 Å². The summed E-state index contributed by atoms with van der Waals surface area (Å²) < 4.78 is 0. The second kappa shape index (κ2) is 11.8. The van der Waals surface area contributed by atoms with E-state index in [-0.39, 0.29) is 11.8 Å². The monoisotopic (exact) mass is 363 g/mol. The van der Waals surface area contributed by atoms with Crippen molar-refractivity contribution in [1.82, 2.24) is 4.90 Å². The minimum absolute atomic E-state index is 0.221. The lowest BCUT2D eigenvalue weighted by atomic mass is 9.83. The molecule has 26 heavy (non-hydrogen) atoms. The third kappa shape index (κ3) is 7.40. The maximum absolute atomic E-state index is 12.4. The number of Topliss-reactive ketones (excluding diaryl/α,β-unsaturated/α-hetero) is 1. The number of nitrogens with zero attached hydrogens (tertiary/aromatic N) is 1. The molecule has 0 aromatic heterocycles. The minimum Gasteiger partial charge on any atom is -0.346 e. The van der Waals surface area contributed by atoms with Crippen LogP contribution in [0.2, 0.25) is 0 Å². The Morgan fingerprint density at radius 3 is 2.19 bits per heavy atom. The first-order valence-corrected chi connectivity index (χ1v) is 11.4.